The van der Waals surface area contributed by atoms with Crippen LogP contribution in [0.15, 0.2) is 11.0 Å². The average molecular weight is 267 g/mol. The quantitative estimate of drug-likeness (QED) is 0.643. The van der Waals surface area contributed by atoms with E-state index in [-0.39, 0.29) is 5.56 Å². The molecule has 0 aliphatic rings. The minimum absolute atomic E-state index is 0.290. The summed E-state index contributed by atoms with van der Waals surface area (Å²) in [6.45, 7) is 0.706. The van der Waals surface area contributed by atoms with Crippen LogP contribution < -0.4 is 10.9 Å². The van der Waals surface area contributed by atoms with Gasteiger partial charge in [-0.25, -0.2) is 5.10 Å². The Morgan fingerprint density at radius 2 is 2.46 bits per heavy atom. The lowest BCUT2D eigenvalue weighted by Crippen LogP contribution is -2.16. The Kier molecular flexibility index (Phi) is 4.24. The molecule has 0 spiro atoms. The molecule has 0 saturated carbocycles. The van der Waals surface area contributed by atoms with Crippen LogP contribution in [0, 0.1) is 0 Å². The Morgan fingerprint density at radius 1 is 1.69 bits per heavy atom. The molecule has 4 nitrogen and oxygen atoms in total. The highest BCUT2D eigenvalue weighted by Crippen LogP contribution is 2.13. The topological polar surface area (TPSA) is 57.8 Å². The van der Waals surface area contributed by atoms with E-state index >= 15 is 0 Å². The molecule has 0 aliphatic carbocycles. The molecule has 2 N–H and O–H groups in total. The summed E-state index contributed by atoms with van der Waals surface area (Å²) in [6, 6.07) is 0. The molecule has 13 heavy (non-hydrogen) atoms. The molecule has 0 atom stereocenters. The van der Waals surface area contributed by atoms with Gasteiger partial charge in [-0.2, -0.15) is 5.10 Å². The van der Waals surface area contributed by atoms with Crippen LogP contribution in [0.25, 0.3) is 0 Å². The van der Waals surface area contributed by atoms with E-state index in [1.807, 2.05) is 0 Å². The first kappa shape index (κ1) is 10.5. The van der Waals surface area contributed by atoms with Gasteiger partial charge in [0.05, 0.1) is 11.2 Å². The molecule has 1 rings (SSSR count). The highest BCUT2D eigenvalue weighted by molar-refractivity contribution is 9.09. The van der Waals surface area contributed by atoms with E-state index in [0.29, 0.717) is 17.3 Å². The average Bonchev–Trinajstić information content (AvgIpc) is 2.10. The number of rotatable bonds is 4. The number of aromatic amines is 1. The molecule has 0 bridgehead atoms. The molecule has 0 fully saturated rings. The van der Waals surface area contributed by atoms with Crippen molar-refractivity contribution in [1.29, 1.82) is 0 Å². The molecule has 1 heterocycles. The van der Waals surface area contributed by atoms with Crippen LogP contribution >= 0.6 is 27.5 Å². The van der Waals surface area contributed by atoms with Crippen molar-refractivity contribution in [2.45, 2.75) is 6.42 Å². The molecule has 0 aliphatic heterocycles. The summed E-state index contributed by atoms with van der Waals surface area (Å²) in [5.41, 5.74) is 0.0969. The maximum Gasteiger partial charge on any atom is 0.289 e. The predicted octanol–water partition coefficient (Wildman–Crippen LogP) is 1.62. The van der Waals surface area contributed by atoms with Crippen LogP contribution in [0.1, 0.15) is 6.42 Å². The van der Waals surface area contributed by atoms with Crippen molar-refractivity contribution >= 4 is 33.2 Å². The van der Waals surface area contributed by atoms with Gasteiger partial charge in [0.2, 0.25) is 0 Å². The van der Waals surface area contributed by atoms with Crippen LogP contribution in [0.2, 0.25) is 5.02 Å². The zero-order valence-corrected chi connectivity index (χ0v) is 9.15. The zero-order chi connectivity index (χ0) is 9.68. The molecule has 0 radical (unpaired) electrons. The number of anilines is 1. The third-order valence-electron chi connectivity index (χ3n) is 1.42. The van der Waals surface area contributed by atoms with E-state index in [1.54, 1.807) is 0 Å². The summed E-state index contributed by atoms with van der Waals surface area (Å²) in [5, 5.41) is 10.0. The Balaban J connectivity index is 2.70. The molecular weight excluding hydrogens is 257 g/mol. The zero-order valence-electron chi connectivity index (χ0n) is 6.81. The van der Waals surface area contributed by atoms with Crippen molar-refractivity contribution in [2.24, 2.45) is 0 Å². The third kappa shape index (κ3) is 3.00. The smallest absolute Gasteiger partial charge is 0.289 e. The molecule has 0 amide bonds. The Bertz CT molecular complexity index is 328. The third-order valence-corrected chi connectivity index (χ3v) is 2.27. The molecule has 0 saturated heterocycles. The molecular formula is C7H9BrClN3O. The lowest BCUT2D eigenvalue weighted by molar-refractivity contribution is 0.957. The number of nitrogens with one attached hydrogen (secondary N) is 2. The van der Waals surface area contributed by atoms with Crippen LogP contribution in [-0.2, 0) is 0 Å². The number of aromatic nitrogens is 2. The second-order valence-electron chi connectivity index (χ2n) is 2.39. The summed E-state index contributed by atoms with van der Waals surface area (Å²) < 4.78 is 0. The maximum atomic E-state index is 11.2. The van der Waals surface area contributed by atoms with E-state index in [0.717, 1.165) is 11.8 Å². The first-order valence-electron chi connectivity index (χ1n) is 3.78. The molecule has 1 aromatic heterocycles. The number of H-pyrrole nitrogens is 1. The lowest BCUT2D eigenvalue weighted by atomic mass is 10.4. The van der Waals surface area contributed by atoms with Crippen molar-refractivity contribution in [3.8, 4) is 0 Å². The fourth-order valence-corrected chi connectivity index (χ4v) is 1.30. The highest BCUT2D eigenvalue weighted by Gasteiger charge is 2.03. The molecule has 1 aromatic rings. The van der Waals surface area contributed by atoms with E-state index in [1.165, 1.54) is 6.20 Å². The summed E-state index contributed by atoms with van der Waals surface area (Å²) >= 11 is 9.04. The molecule has 0 unspecified atom stereocenters. The Morgan fingerprint density at radius 3 is 3.08 bits per heavy atom. The van der Waals surface area contributed by atoms with Gasteiger partial charge in [-0.05, 0) is 6.42 Å². The lowest BCUT2D eigenvalue weighted by Gasteiger charge is -2.04. The maximum absolute atomic E-state index is 11.2. The summed E-state index contributed by atoms with van der Waals surface area (Å²) in [6.07, 6.45) is 2.33. The summed E-state index contributed by atoms with van der Waals surface area (Å²) in [4.78, 5) is 11.2. The van der Waals surface area contributed by atoms with Crippen molar-refractivity contribution in [1.82, 2.24) is 10.2 Å². The van der Waals surface area contributed by atoms with Crippen LogP contribution in [0.4, 0.5) is 5.69 Å². The normalized spacial score (nSPS) is 10.0. The molecule has 6 heteroatoms. The summed E-state index contributed by atoms with van der Waals surface area (Å²) in [7, 11) is 0. The van der Waals surface area contributed by atoms with Crippen LogP contribution in [0.5, 0.6) is 0 Å². The molecule has 72 valence electrons. The first-order valence-corrected chi connectivity index (χ1v) is 5.28. The van der Waals surface area contributed by atoms with Crippen LogP contribution in [-0.4, -0.2) is 22.1 Å². The van der Waals surface area contributed by atoms with Gasteiger partial charge in [0, 0.05) is 11.9 Å². The Labute approximate surface area is 88.8 Å². The largest absolute Gasteiger partial charge is 0.379 e. The van der Waals surface area contributed by atoms with Crippen molar-refractivity contribution in [2.75, 3.05) is 17.2 Å². The van der Waals surface area contributed by atoms with E-state index < -0.39 is 0 Å². The van der Waals surface area contributed by atoms with Gasteiger partial charge in [0.25, 0.3) is 5.56 Å². The van der Waals surface area contributed by atoms with E-state index in [4.69, 9.17) is 11.6 Å². The fraction of sp³-hybridized carbons (Fsp3) is 0.429. The SMILES string of the molecule is O=c1[nH]ncc(Cl)c1NCCCBr. The second kappa shape index (κ2) is 5.24. The van der Waals surface area contributed by atoms with Crippen molar-refractivity contribution in [3.05, 3.63) is 21.6 Å². The van der Waals surface area contributed by atoms with E-state index in [9.17, 15) is 4.79 Å². The summed E-state index contributed by atoms with van der Waals surface area (Å²) in [5.74, 6) is 0. The van der Waals surface area contributed by atoms with Gasteiger partial charge in [-0.15, -0.1) is 0 Å². The minimum atomic E-state index is -0.290. The minimum Gasteiger partial charge on any atom is -0.379 e. The monoisotopic (exact) mass is 265 g/mol. The number of hydrogen-bond acceptors (Lipinski definition) is 3. The number of nitrogens with zero attached hydrogens (tertiary/aromatic N) is 1. The van der Waals surface area contributed by atoms with Gasteiger partial charge in [-0.3, -0.25) is 4.79 Å². The number of alkyl halides is 1. The Hall–Kier alpha value is -0.550. The van der Waals surface area contributed by atoms with Crippen molar-refractivity contribution in [3.63, 3.8) is 0 Å². The standard InChI is InChI=1S/C7H9BrClN3O/c8-2-1-3-10-6-5(9)4-11-12-7(6)13/h4H,1-3H2,(H,10,11)(H,12,13). The number of hydrogen-bond donors (Lipinski definition) is 2. The fourth-order valence-electron chi connectivity index (χ4n) is 0.821. The van der Waals surface area contributed by atoms with Gasteiger partial charge in [0.1, 0.15) is 5.69 Å². The molecule has 0 aromatic carbocycles. The van der Waals surface area contributed by atoms with Gasteiger partial charge < -0.3 is 5.32 Å². The van der Waals surface area contributed by atoms with Gasteiger partial charge in [0.15, 0.2) is 0 Å². The van der Waals surface area contributed by atoms with Gasteiger partial charge in [-0.1, -0.05) is 27.5 Å². The first-order chi connectivity index (χ1) is 6.25. The second-order valence-corrected chi connectivity index (χ2v) is 3.59. The van der Waals surface area contributed by atoms with Crippen molar-refractivity contribution < 1.29 is 0 Å². The van der Waals surface area contributed by atoms with Gasteiger partial charge >= 0.3 is 0 Å². The highest BCUT2D eigenvalue weighted by atomic mass is 79.9. The van der Waals surface area contributed by atoms with E-state index in [2.05, 4.69) is 31.4 Å². The number of halogens is 2. The predicted molar refractivity (Wildman–Crippen MR) is 56.8 cm³/mol. The van der Waals surface area contributed by atoms with Crippen LogP contribution in [0.3, 0.4) is 0 Å².